The molecule has 0 saturated heterocycles. The second kappa shape index (κ2) is 5.87. The lowest BCUT2D eigenvalue weighted by molar-refractivity contribution is 0.349. The highest BCUT2D eigenvalue weighted by atomic mass is 127. The molecular weight excluding hydrogens is 207 g/mol. The van der Waals surface area contributed by atoms with Crippen molar-refractivity contribution in [2.75, 3.05) is 0 Å². The minimum atomic E-state index is 1.25. The minimum absolute atomic E-state index is 1.25. The molecular formula is C3H5IN2O. The molecule has 0 fully saturated rings. The van der Waals surface area contributed by atoms with E-state index in [2.05, 4.69) is 13.2 Å². The molecule has 3 nitrogen and oxygen atoms in total. The molecule has 0 atom stereocenters. The summed E-state index contributed by atoms with van der Waals surface area (Å²) in [6, 6.07) is 0. The molecule has 0 aliphatic rings. The molecule has 0 heterocycles. The maximum Gasteiger partial charge on any atom is 0.217 e. The average Bonchev–Trinajstić information content (AvgIpc) is 1.69. The van der Waals surface area contributed by atoms with Crippen LogP contribution < -0.4 is 0 Å². The first-order valence-electron chi connectivity index (χ1n) is 1.68. The fourth-order valence-corrected chi connectivity index (χ4v) is 0.208. The number of halogens is 1. The third kappa shape index (κ3) is 5.87. The Kier molecular flexibility index (Phi) is 5.76. The average molecular weight is 212 g/mol. The van der Waals surface area contributed by atoms with E-state index in [4.69, 9.17) is 0 Å². The van der Waals surface area contributed by atoms with Crippen molar-refractivity contribution < 1.29 is 4.84 Å². The summed E-state index contributed by atoms with van der Waals surface area (Å²) >= 11 is 1.80. The smallest absolute Gasteiger partial charge is 0.217 e. The topological polar surface area (TPSA) is 34.0 Å². The van der Waals surface area contributed by atoms with E-state index in [1.54, 1.807) is 36.0 Å². The number of hydrogen-bond donors (Lipinski definition) is 0. The highest BCUT2D eigenvalue weighted by Gasteiger charge is 1.60. The molecule has 0 aliphatic heterocycles. The zero-order valence-corrected chi connectivity index (χ0v) is 5.99. The van der Waals surface area contributed by atoms with Gasteiger partial charge in [0.1, 0.15) is 0 Å². The summed E-state index contributed by atoms with van der Waals surface area (Å²) in [6.45, 7) is 1.76. The second-order valence-corrected chi connectivity index (χ2v) is 1.23. The molecule has 0 aromatic rings. The quantitative estimate of drug-likeness (QED) is 0.294. The Morgan fingerprint density at radius 3 is 2.86 bits per heavy atom. The molecule has 0 aromatic heterocycles. The Morgan fingerprint density at radius 1 is 1.71 bits per heavy atom. The molecule has 0 unspecified atom stereocenters. The van der Waals surface area contributed by atoms with Gasteiger partial charge in [-0.3, -0.25) is 0 Å². The summed E-state index contributed by atoms with van der Waals surface area (Å²) in [7, 11) is 0. The molecule has 40 valence electrons. The first kappa shape index (κ1) is 6.87. The molecule has 0 radical (unpaired) electrons. The monoisotopic (exact) mass is 212 g/mol. The van der Waals surface area contributed by atoms with Crippen molar-refractivity contribution in [2.45, 2.75) is 6.92 Å². The van der Waals surface area contributed by atoms with Crippen LogP contribution >= 0.6 is 22.9 Å². The van der Waals surface area contributed by atoms with Crippen LogP contribution in [0, 0.1) is 0 Å². The van der Waals surface area contributed by atoms with Crippen molar-refractivity contribution in [3.63, 3.8) is 0 Å². The minimum Gasteiger partial charge on any atom is -0.345 e. The summed E-state index contributed by atoms with van der Waals surface area (Å²) in [5.74, 6) is 0. The molecule has 7 heavy (non-hydrogen) atoms. The summed E-state index contributed by atoms with van der Waals surface area (Å²) in [5.41, 5.74) is 0. The largest absolute Gasteiger partial charge is 0.345 e. The Labute approximate surface area is 55.9 Å². The number of nitrogens with zero attached hydrogens (tertiary/aromatic N) is 2. The van der Waals surface area contributed by atoms with Crippen LogP contribution in [-0.2, 0) is 4.84 Å². The van der Waals surface area contributed by atoms with Gasteiger partial charge in [0.2, 0.25) is 6.40 Å². The Morgan fingerprint density at radius 2 is 2.43 bits per heavy atom. The van der Waals surface area contributed by atoms with Crippen molar-refractivity contribution in [2.24, 2.45) is 8.36 Å². The lowest BCUT2D eigenvalue weighted by Gasteiger charge is -1.78. The van der Waals surface area contributed by atoms with Gasteiger partial charge in [0, 0.05) is 6.21 Å². The Balaban J connectivity index is 2.98. The first-order chi connectivity index (χ1) is 3.41. The molecule has 4 heteroatoms. The van der Waals surface area contributed by atoms with Gasteiger partial charge >= 0.3 is 0 Å². The van der Waals surface area contributed by atoms with Gasteiger partial charge in [-0.15, -0.1) is 0 Å². The molecule has 0 spiro atoms. The molecule has 0 bridgehead atoms. The second-order valence-electron chi connectivity index (χ2n) is 0.672. The number of rotatable bonds is 2. The van der Waals surface area contributed by atoms with Gasteiger partial charge in [-0.25, -0.2) is 0 Å². The van der Waals surface area contributed by atoms with E-state index in [0.717, 1.165) is 0 Å². The van der Waals surface area contributed by atoms with Crippen LogP contribution in [0.2, 0.25) is 0 Å². The third-order valence-corrected chi connectivity index (χ3v) is 0.481. The van der Waals surface area contributed by atoms with Gasteiger partial charge in [-0.05, 0) is 6.92 Å². The molecule has 0 saturated carbocycles. The van der Waals surface area contributed by atoms with Crippen LogP contribution in [0.1, 0.15) is 6.92 Å². The van der Waals surface area contributed by atoms with Gasteiger partial charge in [-0.2, -0.15) is 3.21 Å². The number of hydrogen-bond acceptors (Lipinski definition) is 3. The van der Waals surface area contributed by atoms with Crippen LogP contribution in [0.4, 0.5) is 0 Å². The molecule has 0 aromatic carbocycles. The SMILES string of the molecule is C/C=N/O/C=N\I. The van der Waals surface area contributed by atoms with Crippen LogP contribution in [0.15, 0.2) is 8.36 Å². The first-order valence-corrected chi connectivity index (χ1v) is 2.65. The van der Waals surface area contributed by atoms with E-state index in [9.17, 15) is 0 Å². The normalized spacial score (nSPS) is 11.1. The van der Waals surface area contributed by atoms with Crippen molar-refractivity contribution in [3.8, 4) is 0 Å². The van der Waals surface area contributed by atoms with Crippen molar-refractivity contribution in [1.82, 2.24) is 0 Å². The highest BCUT2D eigenvalue weighted by Crippen LogP contribution is 1.78. The van der Waals surface area contributed by atoms with E-state index in [1.807, 2.05) is 0 Å². The van der Waals surface area contributed by atoms with Gasteiger partial charge < -0.3 is 4.84 Å². The third-order valence-electron chi connectivity index (χ3n) is 0.253. The van der Waals surface area contributed by atoms with E-state index >= 15 is 0 Å². The predicted octanol–water partition coefficient (Wildman–Crippen LogP) is 1.39. The summed E-state index contributed by atoms with van der Waals surface area (Å²) in [5, 5.41) is 3.38. The molecule has 0 N–H and O–H groups in total. The summed E-state index contributed by atoms with van der Waals surface area (Å²) in [4.78, 5) is 4.40. The van der Waals surface area contributed by atoms with Crippen LogP contribution in [-0.4, -0.2) is 12.6 Å². The predicted molar refractivity (Wildman–Crippen MR) is 37.8 cm³/mol. The van der Waals surface area contributed by atoms with E-state index in [1.165, 1.54) is 6.40 Å². The zero-order chi connectivity index (χ0) is 5.54. The fourth-order valence-electron chi connectivity index (χ4n) is 0.106. The van der Waals surface area contributed by atoms with Gasteiger partial charge in [0.05, 0.1) is 22.9 Å². The lowest BCUT2D eigenvalue weighted by Crippen LogP contribution is -1.71. The summed E-state index contributed by atoms with van der Waals surface area (Å²) in [6.07, 6.45) is 2.79. The zero-order valence-electron chi connectivity index (χ0n) is 3.84. The fraction of sp³-hybridized carbons (Fsp3) is 0.333. The van der Waals surface area contributed by atoms with Gasteiger partial charge in [0.25, 0.3) is 0 Å². The van der Waals surface area contributed by atoms with Gasteiger partial charge in [-0.1, -0.05) is 5.16 Å². The van der Waals surface area contributed by atoms with E-state index < -0.39 is 0 Å². The van der Waals surface area contributed by atoms with Crippen molar-refractivity contribution >= 4 is 35.5 Å². The maximum absolute atomic E-state index is 4.40. The van der Waals surface area contributed by atoms with Crippen molar-refractivity contribution in [1.29, 1.82) is 0 Å². The Bertz CT molecular complexity index is 71.0. The Hall–Kier alpha value is -0.130. The van der Waals surface area contributed by atoms with Gasteiger partial charge in [0.15, 0.2) is 0 Å². The standard InChI is InChI=1S/C3H5IN2O/c1-2-6-7-3-5-4/h2-3H,1H3/b5-3-,6-2+. The van der Waals surface area contributed by atoms with Crippen molar-refractivity contribution in [3.05, 3.63) is 0 Å². The molecule has 0 rings (SSSR count). The maximum atomic E-state index is 4.40. The van der Waals surface area contributed by atoms with E-state index in [0.29, 0.717) is 0 Å². The van der Waals surface area contributed by atoms with Crippen LogP contribution in [0.5, 0.6) is 0 Å². The molecule has 0 aliphatic carbocycles. The highest BCUT2D eigenvalue weighted by molar-refractivity contribution is 14.1. The summed E-state index contributed by atoms with van der Waals surface area (Å²) < 4.78 is 3.48. The van der Waals surface area contributed by atoms with Crippen LogP contribution in [0.3, 0.4) is 0 Å². The molecule has 0 amide bonds. The van der Waals surface area contributed by atoms with E-state index in [-0.39, 0.29) is 0 Å². The lowest BCUT2D eigenvalue weighted by atomic mass is 10.9. The van der Waals surface area contributed by atoms with Crippen LogP contribution in [0.25, 0.3) is 0 Å². The number of oxime groups is 1.